The lowest BCUT2D eigenvalue weighted by molar-refractivity contribution is -0.941. The largest absolute Gasteiger partial charge is 0.507 e. The second-order valence-corrected chi connectivity index (χ2v) is 7.98. The highest BCUT2D eigenvalue weighted by Gasteiger charge is 2.33. The Morgan fingerprint density at radius 1 is 1.23 bits per heavy atom. The lowest BCUT2D eigenvalue weighted by Gasteiger charge is -2.30. The summed E-state index contributed by atoms with van der Waals surface area (Å²) < 4.78 is 10.7. The van der Waals surface area contributed by atoms with E-state index in [0.29, 0.717) is 35.0 Å². The molecule has 2 aromatic rings. The molecular formula is C24H26NO5+. The number of ketones is 1. The number of benzene rings is 2. The number of ether oxygens (including phenoxy) is 2. The summed E-state index contributed by atoms with van der Waals surface area (Å²) in [7, 11) is 1.33. The molecule has 2 atom stereocenters. The number of hydrogen-bond donors (Lipinski definition) is 2. The van der Waals surface area contributed by atoms with Gasteiger partial charge in [-0.3, -0.25) is 4.79 Å². The first-order chi connectivity index (χ1) is 14.5. The van der Waals surface area contributed by atoms with Gasteiger partial charge in [0.15, 0.2) is 11.5 Å². The van der Waals surface area contributed by atoms with E-state index in [1.54, 1.807) is 42.5 Å². The Morgan fingerprint density at radius 2 is 2.00 bits per heavy atom. The van der Waals surface area contributed by atoms with Crippen LogP contribution in [0.5, 0.6) is 11.5 Å². The number of likely N-dealkylation sites (tertiary alicyclic amines) is 1. The minimum atomic E-state index is -0.413. The maximum Gasteiger partial charge on any atom is 0.337 e. The molecule has 0 aliphatic carbocycles. The second-order valence-electron chi connectivity index (χ2n) is 7.98. The van der Waals surface area contributed by atoms with E-state index in [0.717, 1.165) is 18.5 Å². The first-order valence-electron chi connectivity index (χ1n) is 10.3. The van der Waals surface area contributed by atoms with Crippen LogP contribution in [0.4, 0.5) is 0 Å². The van der Waals surface area contributed by atoms with Crippen molar-refractivity contribution in [1.29, 1.82) is 0 Å². The first kappa shape index (κ1) is 20.2. The van der Waals surface area contributed by atoms with Crippen molar-refractivity contribution in [3.05, 3.63) is 64.4 Å². The molecule has 1 saturated heterocycles. The maximum atomic E-state index is 12.9. The lowest BCUT2D eigenvalue weighted by atomic mass is 10.0. The quantitative estimate of drug-likeness (QED) is 0.601. The number of piperidine rings is 1. The minimum Gasteiger partial charge on any atom is -0.507 e. The van der Waals surface area contributed by atoms with Crippen LogP contribution < -0.4 is 9.64 Å². The number of Topliss-reactive ketones (excluding diaryl/α,β-unsaturated/α-hetero) is 1. The lowest BCUT2D eigenvalue weighted by Crippen LogP contribution is -3.14. The van der Waals surface area contributed by atoms with Gasteiger partial charge in [-0.05, 0) is 62.1 Å². The van der Waals surface area contributed by atoms with Gasteiger partial charge in [0.25, 0.3) is 0 Å². The number of phenolic OH excluding ortho intramolecular Hbond substituents is 1. The topological polar surface area (TPSA) is 77.3 Å². The van der Waals surface area contributed by atoms with E-state index in [1.165, 1.54) is 24.9 Å². The van der Waals surface area contributed by atoms with Gasteiger partial charge in [0.1, 0.15) is 12.3 Å². The Hall–Kier alpha value is -3.12. The monoisotopic (exact) mass is 408 g/mol. The fraction of sp³-hybridized carbons (Fsp3) is 0.333. The summed E-state index contributed by atoms with van der Waals surface area (Å²) in [5.74, 6) is 0.219. The van der Waals surface area contributed by atoms with E-state index in [1.807, 2.05) is 0 Å². The number of hydrogen-bond acceptors (Lipinski definition) is 5. The zero-order valence-electron chi connectivity index (χ0n) is 17.2. The Labute approximate surface area is 175 Å². The summed E-state index contributed by atoms with van der Waals surface area (Å²) in [5.41, 5.74) is 2.34. The standard InChI is InChI=1S/C24H25NO5/c1-15-5-3-4-12-25(15)14-19-20(26)11-10-18-22(27)21(30-23(18)19)13-16-6-8-17(9-7-16)24(28)29-2/h6-11,13,15,26H,3-5,12,14H2,1-2H3/p+1/t15-/m0/s1. The normalized spacial score (nSPS) is 21.9. The summed E-state index contributed by atoms with van der Waals surface area (Å²) in [6, 6.07) is 10.5. The van der Waals surface area contributed by atoms with Crippen LogP contribution in [0.1, 0.15) is 58.0 Å². The number of nitrogens with one attached hydrogen (secondary N) is 1. The van der Waals surface area contributed by atoms with Gasteiger partial charge in [-0.2, -0.15) is 0 Å². The summed E-state index contributed by atoms with van der Waals surface area (Å²) >= 11 is 0. The molecule has 1 fully saturated rings. The Kier molecular flexibility index (Phi) is 5.59. The molecule has 6 nitrogen and oxygen atoms in total. The Morgan fingerprint density at radius 3 is 2.70 bits per heavy atom. The average molecular weight is 408 g/mol. The van der Waals surface area contributed by atoms with Crippen molar-refractivity contribution in [2.45, 2.75) is 38.8 Å². The molecule has 4 rings (SSSR count). The van der Waals surface area contributed by atoms with Crippen molar-refractivity contribution in [2.24, 2.45) is 0 Å². The van der Waals surface area contributed by atoms with Crippen LogP contribution in [0.15, 0.2) is 42.2 Å². The van der Waals surface area contributed by atoms with Gasteiger partial charge < -0.3 is 19.5 Å². The van der Waals surface area contributed by atoms with E-state index in [2.05, 4.69) is 6.92 Å². The fourth-order valence-electron chi connectivity index (χ4n) is 4.20. The van der Waals surface area contributed by atoms with Gasteiger partial charge in [-0.15, -0.1) is 0 Å². The molecule has 1 unspecified atom stereocenters. The molecule has 0 radical (unpaired) electrons. The number of fused-ring (bicyclic) bond motifs is 1. The van der Waals surface area contributed by atoms with Crippen molar-refractivity contribution >= 4 is 17.8 Å². The van der Waals surface area contributed by atoms with E-state index in [-0.39, 0.29) is 17.3 Å². The molecule has 0 bridgehead atoms. The zero-order chi connectivity index (χ0) is 21.3. The number of rotatable bonds is 4. The fourth-order valence-corrected chi connectivity index (χ4v) is 4.20. The smallest absolute Gasteiger partial charge is 0.337 e. The molecule has 2 aliphatic heterocycles. The van der Waals surface area contributed by atoms with Crippen molar-refractivity contribution < 1.29 is 29.1 Å². The molecule has 0 spiro atoms. The minimum absolute atomic E-state index is 0.163. The highest BCUT2D eigenvalue weighted by molar-refractivity contribution is 6.15. The number of methoxy groups -OCH3 is 1. The summed E-state index contributed by atoms with van der Waals surface area (Å²) in [6.45, 7) is 3.90. The summed E-state index contributed by atoms with van der Waals surface area (Å²) in [4.78, 5) is 25.9. The van der Waals surface area contributed by atoms with Crippen LogP contribution in [0.3, 0.4) is 0 Å². The zero-order valence-corrected chi connectivity index (χ0v) is 17.2. The molecule has 0 amide bonds. The summed E-state index contributed by atoms with van der Waals surface area (Å²) in [6.07, 6.45) is 5.22. The first-order valence-corrected chi connectivity index (χ1v) is 10.3. The van der Waals surface area contributed by atoms with Crippen molar-refractivity contribution in [3.63, 3.8) is 0 Å². The van der Waals surface area contributed by atoms with Gasteiger partial charge in [-0.1, -0.05) is 12.1 Å². The molecule has 0 saturated carbocycles. The predicted octanol–water partition coefficient (Wildman–Crippen LogP) is 2.75. The van der Waals surface area contributed by atoms with Crippen LogP contribution in [0, 0.1) is 0 Å². The number of phenols is 1. The SMILES string of the molecule is COC(=O)c1ccc(C=C2Oc3c(ccc(O)c3C[NH+]3CCCC[C@@H]3C)C2=O)cc1. The number of esters is 1. The molecule has 6 heteroatoms. The van der Waals surface area contributed by atoms with Crippen molar-refractivity contribution in [3.8, 4) is 11.5 Å². The second kappa shape index (κ2) is 8.32. The molecule has 2 aliphatic rings. The van der Waals surface area contributed by atoms with Crippen LogP contribution in [-0.2, 0) is 11.3 Å². The van der Waals surface area contributed by atoms with Crippen LogP contribution in [0.25, 0.3) is 6.08 Å². The van der Waals surface area contributed by atoms with Gasteiger partial charge in [0, 0.05) is 0 Å². The number of quaternary nitrogens is 1. The van der Waals surface area contributed by atoms with Gasteiger partial charge in [0.05, 0.1) is 36.4 Å². The highest BCUT2D eigenvalue weighted by Crippen LogP contribution is 2.39. The molecule has 2 heterocycles. The van der Waals surface area contributed by atoms with Crippen LogP contribution in [0.2, 0.25) is 0 Å². The third kappa shape index (κ3) is 3.83. The van der Waals surface area contributed by atoms with E-state index < -0.39 is 5.97 Å². The molecular weight excluding hydrogens is 382 g/mol. The van der Waals surface area contributed by atoms with Crippen LogP contribution in [-0.4, -0.2) is 36.6 Å². The molecule has 2 aromatic carbocycles. The van der Waals surface area contributed by atoms with E-state index in [9.17, 15) is 14.7 Å². The van der Waals surface area contributed by atoms with Gasteiger partial charge in [-0.25, -0.2) is 4.79 Å². The molecule has 30 heavy (non-hydrogen) atoms. The van der Waals surface area contributed by atoms with Gasteiger partial charge in [0.2, 0.25) is 5.78 Å². The summed E-state index contributed by atoms with van der Waals surface area (Å²) in [5, 5.41) is 10.5. The predicted molar refractivity (Wildman–Crippen MR) is 112 cm³/mol. The Bertz CT molecular complexity index is 1010. The number of carbonyl (C=O) groups excluding carboxylic acids is 2. The van der Waals surface area contributed by atoms with Crippen molar-refractivity contribution in [2.75, 3.05) is 13.7 Å². The van der Waals surface area contributed by atoms with Crippen LogP contribution >= 0.6 is 0 Å². The number of allylic oxidation sites excluding steroid dienone is 1. The molecule has 0 aromatic heterocycles. The maximum absolute atomic E-state index is 12.9. The average Bonchev–Trinajstić information content (AvgIpc) is 3.07. The number of carbonyl (C=O) groups is 2. The van der Waals surface area contributed by atoms with Crippen molar-refractivity contribution in [1.82, 2.24) is 0 Å². The van der Waals surface area contributed by atoms with Gasteiger partial charge >= 0.3 is 5.97 Å². The number of aromatic hydroxyl groups is 1. The van der Waals surface area contributed by atoms with E-state index >= 15 is 0 Å². The molecule has 156 valence electrons. The molecule has 2 N–H and O–H groups in total. The Balaban J connectivity index is 1.61. The van der Waals surface area contributed by atoms with E-state index in [4.69, 9.17) is 9.47 Å². The highest BCUT2D eigenvalue weighted by atomic mass is 16.5. The third-order valence-electron chi connectivity index (χ3n) is 6.03. The third-order valence-corrected chi connectivity index (χ3v) is 6.03.